The molecule has 0 aliphatic carbocycles. The lowest BCUT2D eigenvalue weighted by atomic mass is 10.3. The van der Waals surface area contributed by atoms with Gasteiger partial charge in [-0.3, -0.25) is 0 Å². The standard InChI is InChI=1S/C7H8BrNO2S/c8-6-2-1-5(12-6)3-4-9-7(10)11/h1-2,9H,3-4H2,(H,10,11). The molecule has 0 spiro atoms. The predicted octanol–water partition coefficient (Wildman–Crippen LogP) is 2.32. The van der Waals surface area contributed by atoms with Crippen LogP contribution < -0.4 is 5.32 Å². The van der Waals surface area contributed by atoms with Crippen LogP contribution in [0.5, 0.6) is 0 Å². The van der Waals surface area contributed by atoms with Crippen LogP contribution in [-0.2, 0) is 6.42 Å². The summed E-state index contributed by atoms with van der Waals surface area (Å²) < 4.78 is 1.08. The van der Waals surface area contributed by atoms with E-state index in [1.165, 1.54) is 4.88 Å². The molecule has 0 aliphatic rings. The van der Waals surface area contributed by atoms with Crippen molar-refractivity contribution in [3.63, 3.8) is 0 Å². The SMILES string of the molecule is O=C(O)NCCc1ccc(Br)s1. The summed E-state index contributed by atoms with van der Waals surface area (Å²) in [6, 6.07) is 3.94. The minimum absolute atomic E-state index is 0.474. The van der Waals surface area contributed by atoms with Crippen molar-refractivity contribution in [2.75, 3.05) is 6.54 Å². The highest BCUT2D eigenvalue weighted by molar-refractivity contribution is 9.11. The van der Waals surface area contributed by atoms with Gasteiger partial charge in [-0.25, -0.2) is 4.79 Å². The molecule has 0 atom stereocenters. The third-order valence-electron chi connectivity index (χ3n) is 1.28. The second kappa shape index (κ2) is 4.47. The van der Waals surface area contributed by atoms with E-state index in [1.807, 2.05) is 12.1 Å². The van der Waals surface area contributed by atoms with Crippen LogP contribution in [0.15, 0.2) is 15.9 Å². The molecule has 0 fully saturated rings. The highest BCUT2D eigenvalue weighted by Crippen LogP contribution is 2.21. The average molecular weight is 250 g/mol. The van der Waals surface area contributed by atoms with Gasteiger partial charge >= 0.3 is 6.09 Å². The Balaban J connectivity index is 2.29. The van der Waals surface area contributed by atoms with Crippen LogP contribution in [0.25, 0.3) is 0 Å². The molecule has 0 radical (unpaired) electrons. The minimum atomic E-state index is -0.967. The van der Waals surface area contributed by atoms with Gasteiger partial charge in [0.1, 0.15) is 0 Å². The van der Waals surface area contributed by atoms with Crippen molar-refractivity contribution in [3.05, 3.63) is 20.8 Å². The molecular formula is C7H8BrNO2S. The first-order chi connectivity index (χ1) is 5.68. The molecular weight excluding hydrogens is 242 g/mol. The van der Waals surface area contributed by atoms with E-state index in [2.05, 4.69) is 21.2 Å². The molecule has 0 bridgehead atoms. The molecule has 0 unspecified atom stereocenters. The van der Waals surface area contributed by atoms with Crippen molar-refractivity contribution < 1.29 is 9.90 Å². The molecule has 1 amide bonds. The van der Waals surface area contributed by atoms with Gasteiger partial charge in [-0.15, -0.1) is 11.3 Å². The molecule has 1 aromatic rings. The Labute approximate surface area is 82.5 Å². The summed E-state index contributed by atoms with van der Waals surface area (Å²) >= 11 is 4.96. The topological polar surface area (TPSA) is 49.3 Å². The largest absolute Gasteiger partial charge is 0.465 e. The summed E-state index contributed by atoms with van der Waals surface area (Å²) in [5, 5.41) is 10.6. The average Bonchev–Trinajstić information content (AvgIpc) is 2.35. The van der Waals surface area contributed by atoms with Crippen molar-refractivity contribution in [2.45, 2.75) is 6.42 Å². The van der Waals surface area contributed by atoms with Crippen LogP contribution in [0.3, 0.4) is 0 Å². The Morgan fingerprint density at radius 2 is 2.42 bits per heavy atom. The van der Waals surface area contributed by atoms with Gasteiger partial charge in [0.2, 0.25) is 0 Å². The summed E-state index contributed by atoms with van der Waals surface area (Å²) in [4.78, 5) is 11.3. The number of carbonyl (C=O) groups is 1. The van der Waals surface area contributed by atoms with Crippen LogP contribution in [-0.4, -0.2) is 17.7 Å². The molecule has 0 saturated carbocycles. The number of thiophene rings is 1. The van der Waals surface area contributed by atoms with Crippen LogP contribution in [0.4, 0.5) is 4.79 Å². The molecule has 0 aromatic carbocycles. The second-order valence-electron chi connectivity index (χ2n) is 2.19. The Morgan fingerprint density at radius 3 is 2.92 bits per heavy atom. The van der Waals surface area contributed by atoms with Gasteiger partial charge in [-0.2, -0.15) is 0 Å². The Kier molecular flexibility index (Phi) is 3.55. The monoisotopic (exact) mass is 249 g/mol. The Hall–Kier alpha value is -0.550. The number of nitrogens with one attached hydrogen (secondary N) is 1. The lowest BCUT2D eigenvalue weighted by Crippen LogP contribution is -2.22. The van der Waals surface area contributed by atoms with Gasteiger partial charge < -0.3 is 10.4 Å². The van der Waals surface area contributed by atoms with E-state index in [0.29, 0.717) is 6.54 Å². The maximum atomic E-state index is 10.1. The van der Waals surface area contributed by atoms with Crippen LogP contribution >= 0.6 is 27.3 Å². The highest BCUT2D eigenvalue weighted by Gasteiger charge is 1.98. The summed E-state index contributed by atoms with van der Waals surface area (Å²) in [5.41, 5.74) is 0. The number of hydrogen-bond acceptors (Lipinski definition) is 2. The van der Waals surface area contributed by atoms with Gasteiger partial charge in [0.05, 0.1) is 3.79 Å². The molecule has 3 nitrogen and oxygen atoms in total. The van der Waals surface area contributed by atoms with Crippen LogP contribution in [0, 0.1) is 0 Å². The van der Waals surface area contributed by atoms with Gasteiger partial charge in [-0.05, 0) is 34.5 Å². The van der Waals surface area contributed by atoms with Crippen LogP contribution in [0.2, 0.25) is 0 Å². The van der Waals surface area contributed by atoms with Gasteiger partial charge in [0.25, 0.3) is 0 Å². The summed E-state index contributed by atoms with van der Waals surface area (Å²) in [6.07, 6.45) is -0.214. The van der Waals surface area contributed by atoms with E-state index in [-0.39, 0.29) is 0 Å². The van der Waals surface area contributed by atoms with E-state index in [0.717, 1.165) is 10.2 Å². The number of carboxylic acid groups (broad SMARTS) is 1. The first-order valence-electron chi connectivity index (χ1n) is 3.39. The quantitative estimate of drug-likeness (QED) is 0.864. The van der Waals surface area contributed by atoms with E-state index in [1.54, 1.807) is 11.3 Å². The zero-order valence-electron chi connectivity index (χ0n) is 6.21. The third-order valence-corrected chi connectivity index (χ3v) is 2.96. The van der Waals surface area contributed by atoms with Crippen molar-refractivity contribution in [1.82, 2.24) is 5.32 Å². The van der Waals surface area contributed by atoms with Gasteiger partial charge in [-0.1, -0.05) is 0 Å². The highest BCUT2D eigenvalue weighted by atomic mass is 79.9. The van der Waals surface area contributed by atoms with E-state index in [9.17, 15) is 4.79 Å². The third kappa shape index (κ3) is 3.23. The summed E-state index contributed by atoms with van der Waals surface area (Å²) in [5.74, 6) is 0. The molecule has 12 heavy (non-hydrogen) atoms. The predicted molar refractivity (Wildman–Crippen MR) is 51.8 cm³/mol. The normalized spacial score (nSPS) is 9.75. The van der Waals surface area contributed by atoms with E-state index >= 15 is 0 Å². The first kappa shape index (κ1) is 9.54. The zero-order chi connectivity index (χ0) is 8.97. The molecule has 1 rings (SSSR count). The summed E-state index contributed by atoms with van der Waals surface area (Å²) in [6.45, 7) is 0.474. The fourth-order valence-electron chi connectivity index (χ4n) is 0.779. The Morgan fingerprint density at radius 1 is 1.67 bits per heavy atom. The molecule has 1 aromatic heterocycles. The van der Waals surface area contributed by atoms with Crippen LogP contribution in [0.1, 0.15) is 4.88 Å². The van der Waals surface area contributed by atoms with Gasteiger partial charge in [0.15, 0.2) is 0 Å². The number of hydrogen-bond donors (Lipinski definition) is 2. The van der Waals surface area contributed by atoms with Crippen molar-refractivity contribution in [1.29, 1.82) is 0 Å². The fourth-order valence-corrected chi connectivity index (χ4v) is 2.26. The zero-order valence-corrected chi connectivity index (χ0v) is 8.61. The summed E-state index contributed by atoms with van der Waals surface area (Å²) in [7, 11) is 0. The molecule has 1 heterocycles. The maximum absolute atomic E-state index is 10.1. The second-order valence-corrected chi connectivity index (χ2v) is 4.74. The Bertz CT molecular complexity index is 274. The molecule has 0 aliphatic heterocycles. The van der Waals surface area contributed by atoms with Gasteiger partial charge in [0, 0.05) is 11.4 Å². The molecule has 2 N–H and O–H groups in total. The lowest BCUT2D eigenvalue weighted by molar-refractivity contribution is 0.194. The van der Waals surface area contributed by atoms with Crippen molar-refractivity contribution in [2.24, 2.45) is 0 Å². The van der Waals surface area contributed by atoms with Crippen molar-refractivity contribution >= 4 is 33.4 Å². The van der Waals surface area contributed by atoms with Crippen molar-refractivity contribution in [3.8, 4) is 0 Å². The number of rotatable bonds is 3. The lowest BCUT2D eigenvalue weighted by Gasteiger charge is -1.96. The first-order valence-corrected chi connectivity index (χ1v) is 5.00. The molecule has 0 saturated heterocycles. The molecule has 5 heteroatoms. The minimum Gasteiger partial charge on any atom is -0.465 e. The fraction of sp³-hybridized carbons (Fsp3) is 0.286. The number of amides is 1. The molecule has 66 valence electrons. The van der Waals surface area contributed by atoms with E-state index in [4.69, 9.17) is 5.11 Å². The maximum Gasteiger partial charge on any atom is 0.404 e. The number of halogens is 1. The van der Waals surface area contributed by atoms with E-state index < -0.39 is 6.09 Å². The smallest absolute Gasteiger partial charge is 0.404 e.